The second kappa shape index (κ2) is 44.5. The van der Waals surface area contributed by atoms with Gasteiger partial charge in [0.05, 0.1) is 71.6 Å². The van der Waals surface area contributed by atoms with Gasteiger partial charge in [0.2, 0.25) is 11.8 Å². The number of carbonyl (C=O) groups is 9. The standard InChI is InChI=1S/C15H21NO5.C14H20N2O4.C14H19NO5.C12H13NO4.C6H14N2O2/c1-11(2)20-10-13(14(17)19-3)16-15(18)21-9-12-7-5-4-6-8-12;1-10(2)19-9-12(13(15)17)16-14(18)20-8-11-6-4-3-5-7-11;1-10(2)19-9-12(13(16)17)15-14(18)20-8-11-6-4-3-5-7-11;1-16-11(14)10-7-13(10)12(15)17-8-9-5-3-2-4-6-9;1-4(2)10-3-5(7)6(8)9/h4-8,11,13H,9-10H2,1-3H3,(H,16,18);3-7,10,12H,8-9H2,1-2H3,(H2,15,17)(H,16,18);3-7,10,12H,8-9H2,1-2H3,(H,15,18)(H,16,17);2-6,10H,7-8H2,1H3;4-5H,3,7H2,1-2H3,(H2,8,9)/t13-;2*12-;10-,13?;5-/m00000/s1. The summed E-state index contributed by atoms with van der Waals surface area (Å²) in [6.45, 7) is 15.7. The molecule has 1 saturated heterocycles. The van der Waals surface area contributed by atoms with Crippen LogP contribution in [0.3, 0.4) is 0 Å². The van der Waals surface area contributed by atoms with Gasteiger partial charge >= 0.3 is 42.3 Å². The average Bonchev–Trinajstić information content (AvgIpc) is 2.20. The highest BCUT2D eigenvalue weighted by Crippen LogP contribution is 2.20. The summed E-state index contributed by atoms with van der Waals surface area (Å²) < 4.78 is 50.0. The predicted molar refractivity (Wildman–Crippen MR) is 320 cm³/mol. The van der Waals surface area contributed by atoms with Crippen LogP contribution in [-0.4, -0.2) is 166 Å². The largest absolute Gasteiger partial charge is 0.480 e. The van der Waals surface area contributed by atoms with Gasteiger partial charge in [0.1, 0.15) is 38.5 Å². The highest BCUT2D eigenvalue weighted by Gasteiger charge is 2.46. The van der Waals surface area contributed by atoms with Gasteiger partial charge in [-0.1, -0.05) is 121 Å². The van der Waals surface area contributed by atoms with Gasteiger partial charge in [-0.05, 0) is 77.6 Å². The number of nitrogens with one attached hydrogen (secondary N) is 3. The molecule has 0 aliphatic carbocycles. The van der Waals surface area contributed by atoms with Crippen molar-refractivity contribution >= 4 is 54.1 Å². The number of amides is 6. The molecule has 5 rings (SSSR count). The van der Waals surface area contributed by atoms with Crippen molar-refractivity contribution in [2.75, 3.05) is 47.2 Å². The van der Waals surface area contributed by atoms with Crippen molar-refractivity contribution in [2.45, 2.75) is 136 Å². The molecule has 0 aromatic heterocycles. The molecule has 0 unspecified atom stereocenters. The molecule has 5 atom stereocenters. The topological polar surface area (TPSA) is 383 Å². The van der Waals surface area contributed by atoms with Crippen molar-refractivity contribution in [3.8, 4) is 0 Å². The smallest absolute Gasteiger partial charge is 0.411 e. The Morgan fingerprint density at radius 3 is 1.10 bits per heavy atom. The fraction of sp³-hybridized carbons (Fsp3) is 0.459. The third-order valence-electron chi connectivity index (χ3n) is 10.9. The van der Waals surface area contributed by atoms with Crippen molar-refractivity contribution in [1.29, 1.82) is 0 Å². The normalized spacial score (nSPS) is 13.2. The van der Waals surface area contributed by atoms with Crippen LogP contribution in [0.1, 0.15) is 77.6 Å². The molecule has 27 nitrogen and oxygen atoms in total. The number of nitrogens with two attached hydrogens (primary N) is 3. The maximum Gasteiger partial charge on any atom is 0.411 e. The van der Waals surface area contributed by atoms with E-state index in [0.717, 1.165) is 22.3 Å². The van der Waals surface area contributed by atoms with Crippen LogP contribution in [0.25, 0.3) is 0 Å². The molecule has 10 N–H and O–H groups in total. The number of primary amides is 2. The van der Waals surface area contributed by atoms with Crippen LogP contribution >= 0.6 is 0 Å². The number of nitrogens with zero attached hydrogens (tertiary/aromatic N) is 1. The van der Waals surface area contributed by atoms with Crippen molar-refractivity contribution in [3.05, 3.63) is 144 Å². The minimum Gasteiger partial charge on any atom is -0.480 e. The third kappa shape index (κ3) is 37.5. The fourth-order valence-corrected chi connectivity index (χ4v) is 6.13. The Bertz CT molecular complexity index is 2570. The molecular formula is C61H87N7O20. The lowest BCUT2D eigenvalue weighted by Crippen LogP contribution is -2.47. The molecule has 0 saturated carbocycles. The van der Waals surface area contributed by atoms with E-state index in [2.05, 4.69) is 25.4 Å². The number of benzene rings is 4. The lowest BCUT2D eigenvalue weighted by molar-refractivity contribution is -0.145. The molecular weight excluding hydrogens is 1150 g/mol. The highest BCUT2D eigenvalue weighted by atomic mass is 16.6. The number of carbonyl (C=O) groups excluding carboxylic acids is 8. The zero-order valence-corrected chi connectivity index (χ0v) is 51.5. The number of esters is 2. The van der Waals surface area contributed by atoms with Gasteiger partial charge in [0, 0.05) is 0 Å². The van der Waals surface area contributed by atoms with Crippen molar-refractivity contribution in [3.63, 3.8) is 0 Å². The quantitative estimate of drug-likeness (QED) is 0.0216. The molecule has 0 bridgehead atoms. The first kappa shape index (κ1) is 77.1. The minimum absolute atomic E-state index is 0.0213. The Kier molecular flexibility index (Phi) is 39.0. The average molecular weight is 1240 g/mol. The first-order valence-electron chi connectivity index (χ1n) is 27.8. The molecule has 6 amide bonds. The molecule has 1 aliphatic heterocycles. The molecule has 1 aliphatic rings. The minimum atomic E-state index is -1.16. The summed E-state index contributed by atoms with van der Waals surface area (Å²) >= 11 is 0. The summed E-state index contributed by atoms with van der Waals surface area (Å²) in [7, 11) is 2.55. The van der Waals surface area contributed by atoms with E-state index >= 15 is 0 Å². The Morgan fingerprint density at radius 2 is 0.784 bits per heavy atom. The molecule has 0 radical (unpaired) electrons. The number of ether oxygens (including phenoxy) is 10. The van der Waals surface area contributed by atoms with Crippen molar-refractivity contribution in [1.82, 2.24) is 20.9 Å². The van der Waals surface area contributed by atoms with Crippen molar-refractivity contribution < 1.29 is 95.6 Å². The number of carboxylic acids is 1. The Morgan fingerprint density at radius 1 is 0.466 bits per heavy atom. The molecule has 1 fully saturated rings. The zero-order valence-electron chi connectivity index (χ0n) is 51.5. The summed E-state index contributed by atoms with van der Waals surface area (Å²) in [5.74, 6) is -3.33. The van der Waals surface area contributed by atoms with Gasteiger partial charge in [-0.2, -0.15) is 0 Å². The number of rotatable bonds is 28. The first-order chi connectivity index (χ1) is 41.8. The van der Waals surface area contributed by atoms with Gasteiger partial charge in [0.15, 0.2) is 18.1 Å². The molecule has 4 aromatic rings. The zero-order chi connectivity index (χ0) is 66.0. The Hall–Kier alpha value is -8.89. The highest BCUT2D eigenvalue weighted by molar-refractivity contribution is 5.87. The van der Waals surface area contributed by atoms with E-state index in [9.17, 15) is 43.2 Å². The summed E-state index contributed by atoms with van der Waals surface area (Å²) in [6.07, 6.45) is -2.80. The maximum absolute atomic E-state index is 11.7. The van der Waals surface area contributed by atoms with Gasteiger partial charge < -0.3 is 85.6 Å². The van der Waals surface area contributed by atoms with Crippen LogP contribution in [0.5, 0.6) is 0 Å². The molecule has 1 heterocycles. The summed E-state index contributed by atoms with van der Waals surface area (Å²) in [4.78, 5) is 103. The number of hydrogen-bond donors (Lipinski definition) is 7. The second-order valence-electron chi connectivity index (χ2n) is 19.8. The molecule has 486 valence electrons. The van der Waals surface area contributed by atoms with E-state index in [4.69, 9.17) is 60.2 Å². The van der Waals surface area contributed by atoms with Gasteiger partial charge in [-0.15, -0.1) is 0 Å². The van der Waals surface area contributed by atoms with E-state index in [1.807, 2.05) is 163 Å². The predicted octanol–water partition coefficient (Wildman–Crippen LogP) is 5.27. The van der Waals surface area contributed by atoms with E-state index in [1.165, 1.54) is 19.1 Å². The first-order valence-corrected chi connectivity index (χ1v) is 27.8. The lowest BCUT2D eigenvalue weighted by Gasteiger charge is -2.17. The summed E-state index contributed by atoms with van der Waals surface area (Å²) in [5.41, 5.74) is 18.8. The molecule has 27 heteroatoms. The van der Waals surface area contributed by atoms with Gasteiger partial charge in [-0.3, -0.25) is 14.5 Å². The van der Waals surface area contributed by atoms with E-state index < -0.39 is 84.3 Å². The van der Waals surface area contributed by atoms with Crippen LogP contribution in [0.15, 0.2) is 121 Å². The van der Waals surface area contributed by atoms with Gasteiger partial charge in [-0.25, -0.2) is 33.6 Å². The van der Waals surface area contributed by atoms with E-state index in [-0.39, 0.29) is 77.3 Å². The number of methoxy groups -OCH3 is 2. The van der Waals surface area contributed by atoms with E-state index in [1.54, 1.807) is 13.8 Å². The van der Waals surface area contributed by atoms with Crippen LogP contribution in [0.4, 0.5) is 19.2 Å². The number of aliphatic carboxylic acids is 1. The molecule has 0 spiro atoms. The third-order valence-corrected chi connectivity index (χ3v) is 10.9. The number of alkyl carbamates (subject to hydrolysis) is 3. The maximum atomic E-state index is 11.7. The number of hydrogen-bond acceptors (Lipinski definition) is 20. The van der Waals surface area contributed by atoms with Crippen molar-refractivity contribution in [2.24, 2.45) is 17.2 Å². The van der Waals surface area contributed by atoms with Crippen LogP contribution < -0.4 is 33.2 Å². The van der Waals surface area contributed by atoms with Crippen LogP contribution in [-0.2, 0) is 97.8 Å². The monoisotopic (exact) mass is 1240 g/mol. The second-order valence-corrected chi connectivity index (χ2v) is 19.8. The van der Waals surface area contributed by atoms with Crippen LogP contribution in [0, 0.1) is 0 Å². The van der Waals surface area contributed by atoms with Gasteiger partial charge in [0.25, 0.3) is 0 Å². The SMILES string of the molecule is CC(C)OC[C@H](N)C(N)=O.CC(C)OC[C@H](NC(=O)OCc1ccccc1)C(=O)O.CC(C)OC[C@H](NC(=O)OCc1ccccc1)C(N)=O.COC(=O)[C@@H]1CN1C(=O)OCc1ccccc1.COC(=O)[C@H](COC(C)C)NC(=O)OCc1ccccc1. The molecule has 88 heavy (non-hydrogen) atoms. The number of carboxylic acid groups (broad SMARTS) is 1. The Labute approximate surface area is 513 Å². The van der Waals surface area contributed by atoms with E-state index in [0.29, 0.717) is 6.54 Å². The molecule has 4 aromatic carbocycles. The summed E-state index contributed by atoms with van der Waals surface area (Å²) in [5, 5.41) is 16.0. The lowest BCUT2D eigenvalue weighted by atomic mass is 10.2. The fourth-order valence-electron chi connectivity index (χ4n) is 6.13. The summed E-state index contributed by atoms with van der Waals surface area (Å²) in [6, 6.07) is 32.9. The Balaban J connectivity index is 0.000000559. The van der Waals surface area contributed by atoms with Crippen LogP contribution in [0.2, 0.25) is 0 Å².